The average molecular weight is 232 g/mol. The summed E-state index contributed by atoms with van der Waals surface area (Å²) in [6.07, 6.45) is 2.18. The summed E-state index contributed by atoms with van der Waals surface area (Å²) in [7, 11) is 0. The van der Waals surface area contributed by atoms with E-state index >= 15 is 0 Å². The number of piperazine rings is 1. The SMILES string of the molecule is O=CCCc1cccc(N2CCNCC2=O)c1. The fourth-order valence-electron chi connectivity index (χ4n) is 1.98. The molecule has 1 aliphatic heterocycles. The van der Waals surface area contributed by atoms with Gasteiger partial charge in [0.25, 0.3) is 0 Å². The van der Waals surface area contributed by atoms with E-state index in [0.29, 0.717) is 19.5 Å². The average Bonchev–Trinajstić information content (AvgIpc) is 2.37. The molecule has 0 saturated carbocycles. The van der Waals surface area contributed by atoms with Crippen LogP contribution in [-0.4, -0.2) is 31.8 Å². The van der Waals surface area contributed by atoms with Crippen LogP contribution in [0.4, 0.5) is 5.69 Å². The van der Waals surface area contributed by atoms with Crippen molar-refractivity contribution in [1.82, 2.24) is 5.32 Å². The van der Waals surface area contributed by atoms with Gasteiger partial charge in [0.2, 0.25) is 5.91 Å². The summed E-state index contributed by atoms with van der Waals surface area (Å²) < 4.78 is 0. The fraction of sp³-hybridized carbons (Fsp3) is 0.385. The molecule has 1 aliphatic rings. The van der Waals surface area contributed by atoms with E-state index in [2.05, 4.69) is 5.32 Å². The highest BCUT2D eigenvalue weighted by atomic mass is 16.2. The van der Waals surface area contributed by atoms with Crippen LogP contribution in [0.15, 0.2) is 24.3 Å². The molecule has 4 nitrogen and oxygen atoms in total. The number of hydrogen-bond donors (Lipinski definition) is 1. The summed E-state index contributed by atoms with van der Waals surface area (Å²) in [5.41, 5.74) is 2.03. The van der Waals surface area contributed by atoms with Crippen LogP contribution in [0.2, 0.25) is 0 Å². The van der Waals surface area contributed by atoms with Gasteiger partial charge in [0, 0.05) is 25.2 Å². The number of benzene rings is 1. The van der Waals surface area contributed by atoms with Crippen molar-refractivity contribution in [2.24, 2.45) is 0 Å². The van der Waals surface area contributed by atoms with Crippen molar-refractivity contribution in [3.63, 3.8) is 0 Å². The van der Waals surface area contributed by atoms with Gasteiger partial charge in [-0.3, -0.25) is 4.79 Å². The van der Waals surface area contributed by atoms with E-state index in [0.717, 1.165) is 30.5 Å². The van der Waals surface area contributed by atoms with Gasteiger partial charge in [-0.2, -0.15) is 0 Å². The lowest BCUT2D eigenvalue weighted by atomic mass is 10.1. The second-order valence-corrected chi connectivity index (χ2v) is 4.10. The molecule has 1 heterocycles. The Bertz CT molecular complexity index is 418. The molecular formula is C13H16N2O2. The van der Waals surface area contributed by atoms with Gasteiger partial charge in [-0.1, -0.05) is 12.1 Å². The lowest BCUT2D eigenvalue weighted by Gasteiger charge is -2.27. The van der Waals surface area contributed by atoms with E-state index in [9.17, 15) is 9.59 Å². The molecule has 0 aliphatic carbocycles. The summed E-state index contributed by atoms with van der Waals surface area (Å²) in [6, 6.07) is 7.85. The van der Waals surface area contributed by atoms with Crippen molar-refractivity contribution in [1.29, 1.82) is 0 Å². The van der Waals surface area contributed by atoms with E-state index in [1.807, 2.05) is 24.3 Å². The molecule has 1 N–H and O–H groups in total. The van der Waals surface area contributed by atoms with Crippen molar-refractivity contribution >= 4 is 17.9 Å². The zero-order chi connectivity index (χ0) is 12.1. The third kappa shape index (κ3) is 2.91. The van der Waals surface area contributed by atoms with Crippen LogP contribution in [0.25, 0.3) is 0 Å². The van der Waals surface area contributed by atoms with Crippen molar-refractivity contribution in [2.45, 2.75) is 12.8 Å². The summed E-state index contributed by atoms with van der Waals surface area (Å²) in [4.78, 5) is 23.9. The van der Waals surface area contributed by atoms with Crippen molar-refractivity contribution < 1.29 is 9.59 Å². The molecule has 4 heteroatoms. The topological polar surface area (TPSA) is 49.4 Å². The predicted molar refractivity (Wildman–Crippen MR) is 66.0 cm³/mol. The summed E-state index contributed by atoms with van der Waals surface area (Å²) in [5, 5.41) is 3.05. The molecule has 0 spiro atoms. The molecule has 1 aromatic carbocycles. The molecule has 1 saturated heterocycles. The number of carbonyl (C=O) groups is 2. The minimum Gasteiger partial charge on any atom is -0.310 e. The third-order valence-corrected chi connectivity index (χ3v) is 2.86. The largest absolute Gasteiger partial charge is 0.310 e. The number of carbonyl (C=O) groups excluding carboxylic acids is 2. The Morgan fingerprint density at radius 2 is 2.29 bits per heavy atom. The van der Waals surface area contributed by atoms with Crippen LogP contribution in [0, 0.1) is 0 Å². The molecule has 0 atom stereocenters. The van der Waals surface area contributed by atoms with Gasteiger partial charge < -0.3 is 15.0 Å². The van der Waals surface area contributed by atoms with Crippen molar-refractivity contribution in [3.05, 3.63) is 29.8 Å². The first kappa shape index (κ1) is 11.8. The normalized spacial score (nSPS) is 16.0. The summed E-state index contributed by atoms with van der Waals surface area (Å²) in [5.74, 6) is 0.101. The van der Waals surface area contributed by atoms with Crippen LogP contribution in [-0.2, 0) is 16.0 Å². The number of nitrogens with zero attached hydrogens (tertiary/aromatic N) is 1. The Balaban J connectivity index is 2.14. The molecule has 0 aromatic heterocycles. The van der Waals surface area contributed by atoms with Crippen LogP contribution in [0.3, 0.4) is 0 Å². The Morgan fingerprint density at radius 3 is 3.06 bits per heavy atom. The number of anilines is 1. The molecule has 0 unspecified atom stereocenters. The predicted octanol–water partition coefficient (Wildman–Crippen LogP) is 0.754. The molecule has 0 radical (unpaired) electrons. The lowest BCUT2D eigenvalue weighted by molar-refractivity contribution is -0.118. The second-order valence-electron chi connectivity index (χ2n) is 4.10. The van der Waals surface area contributed by atoms with Crippen LogP contribution in [0.1, 0.15) is 12.0 Å². The standard InChI is InChI=1S/C13H16N2O2/c16-8-2-4-11-3-1-5-12(9-11)15-7-6-14-10-13(15)17/h1,3,5,8-9,14H,2,4,6-7,10H2. The van der Waals surface area contributed by atoms with E-state index in [1.165, 1.54) is 0 Å². The third-order valence-electron chi connectivity index (χ3n) is 2.86. The highest BCUT2D eigenvalue weighted by Crippen LogP contribution is 2.18. The highest BCUT2D eigenvalue weighted by molar-refractivity contribution is 5.95. The molecule has 2 rings (SSSR count). The van der Waals surface area contributed by atoms with Gasteiger partial charge in [-0.05, 0) is 24.1 Å². The smallest absolute Gasteiger partial charge is 0.240 e. The molecule has 0 bridgehead atoms. The quantitative estimate of drug-likeness (QED) is 0.779. The first-order valence-corrected chi connectivity index (χ1v) is 5.85. The Morgan fingerprint density at radius 1 is 1.41 bits per heavy atom. The van der Waals surface area contributed by atoms with E-state index in [-0.39, 0.29) is 5.91 Å². The lowest BCUT2D eigenvalue weighted by Crippen LogP contribution is -2.48. The fourth-order valence-corrected chi connectivity index (χ4v) is 1.98. The van der Waals surface area contributed by atoms with Crippen molar-refractivity contribution in [2.75, 3.05) is 24.5 Å². The van der Waals surface area contributed by atoms with Gasteiger partial charge in [0.05, 0.1) is 6.54 Å². The summed E-state index contributed by atoms with van der Waals surface area (Å²) in [6.45, 7) is 1.93. The Kier molecular flexibility index (Phi) is 3.88. The Labute approximate surface area is 101 Å². The number of rotatable bonds is 4. The Hall–Kier alpha value is -1.68. The van der Waals surface area contributed by atoms with Gasteiger partial charge in [0.1, 0.15) is 6.29 Å². The summed E-state index contributed by atoms with van der Waals surface area (Å²) >= 11 is 0. The molecule has 17 heavy (non-hydrogen) atoms. The first-order valence-electron chi connectivity index (χ1n) is 5.85. The monoisotopic (exact) mass is 232 g/mol. The molecule has 1 aromatic rings. The van der Waals surface area contributed by atoms with Crippen LogP contribution >= 0.6 is 0 Å². The zero-order valence-electron chi connectivity index (χ0n) is 9.69. The molecule has 1 amide bonds. The minimum atomic E-state index is 0.101. The van der Waals surface area contributed by atoms with E-state index in [4.69, 9.17) is 0 Å². The maximum atomic E-state index is 11.7. The maximum Gasteiger partial charge on any atom is 0.240 e. The minimum absolute atomic E-state index is 0.101. The molecule has 90 valence electrons. The zero-order valence-corrected chi connectivity index (χ0v) is 9.69. The number of hydrogen-bond acceptors (Lipinski definition) is 3. The number of aryl methyl sites for hydroxylation is 1. The number of aldehydes is 1. The number of nitrogens with one attached hydrogen (secondary N) is 1. The first-order chi connectivity index (χ1) is 8.31. The highest BCUT2D eigenvalue weighted by Gasteiger charge is 2.18. The van der Waals surface area contributed by atoms with Crippen LogP contribution < -0.4 is 10.2 Å². The van der Waals surface area contributed by atoms with Crippen LogP contribution in [0.5, 0.6) is 0 Å². The number of amides is 1. The molecule has 1 fully saturated rings. The van der Waals surface area contributed by atoms with Crippen molar-refractivity contribution in [3.8, 4) is 0 Å². The van der Waals surface area contributed by atoms with Gasteiger partial charge in [-0.25, -0.2) is 0 Å². The second kappa shape index (κ2) is 5.59. The van der Waals surface area contributed by atoms with E-state index < -0.39 is 0 Å². The van der Waals surface area contributed by atoms with Gasteiger partial charge in [0.15, 0.2) is 0 Å². The van der Waals surface area contributed by atoms with Gasteiger partial charge in [-0.15, -0.1) is 0 Å². The maximum absolute atomic E-state index is 11.7. The van der Waals surface area contributed by atoms with E-state index in [1.54, 1.807) is 4.90 Å². The molecular weight excluding hydrogens is 216 g/mol. The van der Waals surface area contributed by atoms with Gasteiger partial charge >= 0.3 is 0 Å².